The number of benzene rings is 1. The zero-order valence-electron chi connectivity index (χ0n) is 12.7. The number of nitrogens with zero attached hydrogens (tertiary/aromatic N) is 2. The monoisotopic (exact) mass is 306 g/mol. The van der Waals surface area contributed by atoms with E-state index in [0.717, 1.165) is 17.7 Å². The Hall–Kier alpha value is -1.95. The lowest BCUT2D eigenvalue weighted by atomic mass is 9.90. The fourth-order valence-electron chi connectivity index (χ4n) is 2.67. The minimum Gasteiger partial charge on any atom is -0.376 e. The van der Waals surface area contributed by atoms with Gasteiger partial charge in [0, 0.05) is 12.2 Å². The molecular formula is C16H23FN4O. The number of guanidine groups is 1. The molecule has 22 heavy (non-hydrogen) atoms. The Morgan fingerprint density at radius 1 is 1.27 bits per heavy atom. The molecule has 0 spiro atoms. The minimum atomic E-state index is -0.296. The molecule has 4 N–H and O–H groups in total. The predicted octanol–water partition coefficient (Wildman–Crippen LogP) is 2.53. The largest absolute Gasteiger partial charge is 0.376 e. The summed E-state index contributed by atoms with van der Waals surface area (Å²) in [4.78, 5) is 0. The van der Waals surface area contributed by atoms with Crippen LogP contribution in [0.25, 0.3) is 0 Å². The molecule has 0 saturated heterocycles. The Bertz CT molecular complexity index is 535. The van der Waals surface area contributed by atoms with Gasteiger partial charge >= 0.3 is 0 Å². The number of ether oxygens (including phenoxy) is 1. The summed E-state index contributed by atoms with van der Waals surface area (Å²) in [5, 5.41) is 7.31. The molecule has 0 unspecified atom stereocenters. The fraction of sp³-hybridized carbons (Fsp3) is 0.500. The first-order valence-corrected chi connectivity index (χ1v) is 7.63. The quantitative estimate of drug-likeness (QED) is 0.481. The molecule has 0 atom stereocenters. The first-order chi connectivity index (χ1) is 10.6. The van der Waals surface area contributed by atoms with E-state index in [1.165, 1.54) is 50.5 Å². The van der Waals surface area contributed by atoms with E-state index in [2.05, 4.69) is 10.2 Å². The van der Waals surface area contributed by atoms with Crippen molar-refractivity contribution >= 4 is 12.2 Å². The lowest BCUT2D eigenvalue weighted by molar-refractivity contribution is 0.0737. The van der Waals surface area contributed by atoms with Gasteiger partial charge in [-0.2, -0.15) is 5.10 Å². The predicted molar refractivity (Wildman–Crippen MR) is 86.0 cm³/mol. The van der Waals surface area contributed by atoms with E-state index < -0.39 is 0 Å². The van der Waals surface area contributed by atoms with E-state index >= 15 is 0 Å². The molecule has 0 aliphatic heterocycles. The highest BCUT2D eigenvalue weighted by molar-refractivity contribution is 5.83. The summed E-state index contributed by atoms with van der Waals surface area (Å²) in [7, 11) is 0. The summed E-state index contributed by atoms with van der Waals surface area (Å²) in [6.45, 7) is 1.08. The number of rotatable bonds is 6. The molecule has 0 radical (unpaired) electrons. The van der Waals surface area contributed by atoms with Crippen molar-refractivity contribution in [3.63, 3.8) is 0 Å². The molecule has 1 aromatic carbocycles. The molecule has 1 fully saturated rings. The molecule has 5 nitrogen and oxygen atoms in total. The summed E-state index contributed by atoms with van der Waals surface area (Å²) in [6.07, 6.45) is 7.84. The maximum Gasteiger partial charge on any atom is 0.211 e. The van der Waals surface area contributed by atoms with Crippen molar-refractivity contribution in [2.75, 3.05) is 6.61 Å². The van der Waals surface area contributed by atoms with Gasteiger partial charge in [-0.15, -0.1) is 5.10 Å². The SMILES string of the molecule is NC(N)=NN=Cc1ccc(F)cc1COCC1CCCCC1. The average Bonchev–Trinajstić information content (AvgIpc) is 2.50. The van der Waals surface area contributed by atoms with Crippen LogP contribution in [0.3, 0.4) is 0 Å². The van der Waals surface area contributed by atoms with Crippen LogP contribution >= 0.6 is 0 Å². The Kier molecular flexibility index (Phi) is 6.33. The van der Waals surface area contributed by atoms with Crippen molar-refractivity contribution < 1.29 is 9.13 Å². The standard InChI is InChI=1S/C16H23FN4O/c17-15-7-6-13(9-20-21-16(18)19)14(8-15)11-22-10-12-4-2-1-3-5-12/h6-9,12H,1-5,10-11H2,(H4,18,19,21). The average molecular weight is 306 g/mol. The summed E-state index contributed by atoms with van der Waals surface area (Å²) in [5.74, 6) is 0.213. The van der Waals surface area contributed by atoms with Crippen LogP contribution in [0.2, 0.25) is 0 Å². The molecule has 2 rings (SSSR count). The van der Waals surface area contributed by atoms with Crippen LogP contribution in [-0.2, 0) is 11.3 Å². The highest BCUT2D eigenvalue weighted by Gasteiger charge is 2.13. The van der Waals surface area contributed by atoms with Crippen LogP contribution in [0.5, 0.6) is 0 Å². The normalized spacial score (nSPS) is 16.0. The van der Waals surface area contributed by atoms with Crippen molar-refractivity contribution in [2.45, 2.75) is 38.7 Å². The van der Waals surface area contributed by atoms with E-state index in [1.54, 1.807) is 6.07 Å². The van der Waals surface area contributed by atoms with Gasteiger partial charge in [-0.05, 0) is 36.5 Å². The van der Waals surface area contributed by atoms with Crippen LogP contribution < -0.4 is 11.5 Å². The molecule has 0 aromatic heterocycles. The topological polar surface area (TPSA) is 86.0 Å². The summed E-state index contributed by atoms with van der Waals surface area (Å²) in [6, 6.07) is 4.47. The third-order valence-corrected chi connectivity index (χ3v) is 3.81. The number of nitrogens with two attached hydrogens (primary N) is 2. The second-order valence-corrected chi connectivity index (χ2v) is 5.63. The lowest BCUT2D eigenvalue weighted by Crippen LogP contribution is -2.21. The van der Waals surface area contributed by atoms with E-state index in [0.29, 0.717) is 12.5 Å². The molecule has 0 bridgehead atoms. The van der Waals surface area contributed by atoms with E-state index in [4.69, 9.17) is 16.2 Å². The number of halogens is 1. The maximum atomic E-state index is 13.4. The third-order valence-electron chi connectivity index (χ3n) is 3.81. The molecule has 0 heterocycles. The fourth-order valence-corrected chi connectivity index (χ4v) is 2.67. The number of hydrogen-bond acceptors (Lipinski definition) is 3. The van der Waals surface area contributed by atoms with Gasteiger partial charge < -0.3 is 16.2 Å². The van der Waals surface area contributed by atoms with Crippen molar-refractivity contribution in [1.82, 2.24) is 0 Å². The van der Waals surface area contributed by atoms with Gasteiger partial charge in [0.25, 0.3) is 0 Å². The molecule has 120 valence electrons. The zero-order chi connectivity index (χ0) is 15.8. The van der Waals surface area contributed by atoms with Gasteiger partial charge in [-0.25, -0.2) is 4.39 Å². The van der Waals surface area contributed by atoms with E-state index in [9.17, 15) is 4.39 Å². The molecule has 1 saturated carbocycles. The Morgan fingerprint density at radius 2 is 2.05 bits per heavy atom. The first-order valence-electron chi connectivity index (χ1n) is 7.63. The molecular weight excluding hydrogens is 283 g/mol. The molecule has 1 aliphatic carbocycles. The Labute approximate surface area is 130 Å². The summed E-state index contributed by atoms with van der Waals surface area (Å²) >= 11 is 0. The van der Waals surface area contributed by atoms with Gasteiger partial charge in [0.2, 0.25) is 5.96 Å². The van der Waals surface area contributed by atoms with Gasteiger partial charge in [0.15, 0.2) is 0 Å². The first kappa shape index (κ1) is 16.4. The summed E-state index contributed by atoms with van der Waals surface area (Å²) in [5.41, 5.74) is 11.9. The van der Waals surface area contributed by atoms with Crippen LogP contribution in [0, 0.1) is 11.7 Å². The minimum absolute atomic E-state index is 0.117. The van der Waals surface area contributed by atoms with Gasteiger partial charge in [-0.3, -0.25) is 0 Å². The van der Waals surface area contributed by atoms with E-state index in [1.807, 2.05) is 0 Å². The zero-order valence-corrected chi connectivity index (χ0v) is 12.7. The molecule has 0 amide bonds. The second kappa shape index (κ2) is 8.48. The summed E-state index contributed by atoms with van der Waals surface area (Å²) < 4.78 is 19.2. The maximum absolute atomic E-state index is 13.4. The van der Waals surface area contributed by atoms with Gasteiger partial charge in [0.1, 0.15) is 5.82 Å². The molecule has 1 aliphatic rings. The Balaban J connectivity index is 1.94. The second-order valence-electron chi connectivity index (χ2n) is 5.63. The molecule has 6 heteroatoms. The molecule has 1 aromatic rings. The highest BCUT2D eigenvalue weighted by atomic mass is 19.1. The van der Waals surface area contributed by atoms with Crippen molar-refractivity contribution in [2.24, 2.45) is 27.6 Å². The lowest BCUT2D eigenvalue weighted by Gasteiger charge is -2.21. The van der Waals surface area contributed by atoms with Crippen molar-refractivity contribution in [1.29, 1.82) is 0 Å². The van der Waals surface area contributed by atoms with Crippen LogP contribution in [0.1, 0.15) is 43.2 Å². The highest BCUT2D eigenvalue weighted by Crippen LogP contribution is 2.24. The van der Waals surface area contributed by atoms with E-state index in [-0.39, 0.29) is 11.8 Å². The third kappa shape index (κ3) is 5.44. The number of hydrogen-bond donors (Lipinski definition) is 2. The van der Waals surface area contributed by atoms with Crippen LogP contribution in [0.4, 0.5) is 4.39 Å². The van der Waals surface area contributed by atoms with Gasteiger partial charge in [-0.1, -0.05) is 25.3 Å². The smallest absolute Gasteiger partial charge is 0.211 e. The van der Waals surface area contributed by atoms with Crippen molar-refractivity contribution in [3.8, 4) is 0 Å². The van der Waals surface area contributed by atoms with Crippen LogP contribution in [0.15, 0.2) is 28.4 Å². The van der Waals surface area contributed by atoms with Crippen LogP contribution in [-0.4, -0.2) is 18.8 Å². The van der Waals surface area contributed by atoms with Crippen molar-refractivity contribution in [3.05, 3.63) is 35.1 Å². The Morgan fingerprint density at radius 3 is 2.77 bits per heavy atom. The van der Waals surface area contributed by atoms with Gasteiger partial charge in [0.05, 0.1) is 12.8 Å².